The lowest BCUT2D eigenvalue weighted by Crippen LogP contribution is -2.32. The van der Waals surface area contributed by atoms with Gasteiger partial charge in [-0.1, -0.05) is 12.1 Å². The highest BCUT2D eigenvalue weighted by Crippen LogP contribution is 2.14. The summed E-state index contributed by atoms with van der Waals surface area (Å²) >= 11 is 6.22. The fourth-order valence-electron chi connectivity index (χ4n) is 2.08. The highest BCUT2D eigenvalue weighted by molar-refractivity contribution is 6.20. The van der Waals surface area contributed by atoms with Crippen molar-refractivity contribution in [1.82, 2.24) is 9.13 Å². The smallest absolute Gasteiger partial charge is 0.250 e. The average Bonchev–Trinajstić information content (AvgIpc) is 2.42. The molecular formula is C15H19ClN2O3. The van der Waals surface area contributed by atoms with Gasteiger partial charge in [0.2, 0.25) is 0 Å². The second-order valence-corrected chi connectivity index (χ2v) is 5.51. The van der Waals surface area contributed by atoms with Crippen LogP contribution in [0.1, 0.15) is 6.92 Å². The van der Waals surface area contributed by atoms with Gasteiger partial charge >= 0.3 is 0 Å². The number of halogens is 1. The number of hydrogen-bond donors (Lipinski definition) is 0. The summed E-state index contributed by atoms with van der Waals surface area (Å²) in [7, 11) is 0. The van der Waals surface area contributed by atoms with E-state index in [0.29, 0.717) is 13.1 Å². The lowest BCUT2D eigenvalue weighted by molar-refractivity contribution is 0.370. The molecule has 0 radical (unpaired) electrons. The molecule has 6 heteroatoms. The summed E-state index contributed by atoms with van der Waals surface area (Å²) in [6.07, 6.45) is 3.48. The van der Waals surface area contributed by atoms with Gasteiger partial charge in [0.15, 0.2) is 0 Å². The Morgan fingerprint density at radius 1 is 0.952 bits per heavy atom. The van der Waals surface area contributed by atoms with Crippen LogP contribution in [0.15, 0.2) is 58.4 Å². The summed E-state index contributed by atoms with van der Waals surface area (Å²) in [5, 5.41) is -0.144. The van der Waals surface area contributed by atoms with Crippen LogP contribution in [0.2, 0.25) is 0 Å². The van der Waals surface area contributed by atoms with E-state index in [1.54, 1.807) is 33.7 Å². The molecule has 0 amide bonds. The predicted octanol–water partition coefficient (Wildman–Crippen LogP) is 1.13. The molecule has 1 atom stereocenters. The molecule has 21 heavy (non-hydrogen) atoms. The zero-order valence-corrected chi connectivity index (χ0v) is 12.5. The van der Waals surface area contributed by atoms with E-state index in [1.165, 1.54) is 12.1 Å². The van der Waals surface area contributed by atoms with Crippen LogP contribution < -0.4 is 11.1 Å². The highest BCUT2D eigenvalue weighted by Gasteiger charge is 2.17. The first-order chi connectivity index (χ1) is 9.58. The summed E-state index contributed by atoms with van der Waals surface area (Å²) in [6.45, 7) is 2.87. The molecule has 2 heterocycles. The largest absolute Gasteiger partial charge is 0.412 e. The van der Waals surface area contributed by atoms with Crippen molar-refractivity contribution in [3.05, 3.63) is 69.5 Å². The molecule has 5 nitrogen and oxygen atoms in total. The fraction of sp³-hybridized carbons (Fsp3) is 0.333. The molecule has 2 aromatic rings. The van der Waals surface area contributed by atoms with Gasteiger partial charge in [-0.25, -0.2) is 0 Å². The molecule has 2 N–H and O–H groups in total. The summed E-state index contributed by atoms with van der Waals surface area (Å²) in [6, 6.07) is 10.1. The van der Waals surface area contributed by atoms with Gasteiger partial charge in [0.1, 0.15) is 0 Å². The van der Waals surface area contributed by atoms with Crippen LogP contribution in [-0.4, -0.2) is 20.0 Å². The Bertz CT molecular complexity index is 623. The van der Waals surface area contributed by atoms with Gasteiger partial charge in [-0.15, -0.1) is 11.6 Å². The van der Waals surface area contributed by atoms with Gasteiger partial charge in [0, 0.05) is 48.9 Å². The summed E-state index contributed by atoms with van der Waals surface area (Å²) in [5.41, 5.74) is -0.120. The molecule has 2 aromatic heterocycles. The normalized spacial score (nSPS) is 12.0. The maximum Gasteiger partial charge on any atom is 0.250 e. The van der Waals surface area contributed by atoms with Crippen molar-refractivity contribution < 1.29 is 5.48 Å². The number of nitrogens with zero attached hydrogens (tertiary/aromatic N) is 2. The topological polar surface area (TPSA) is 75.5 Å². The van der Waals surface area contributed by atoms with Crippen LogP contribution in [0.25, 0.3) is 0 Å². The Labute approximate surface area is 127 Å². The van der Waals surface area contributed by atoms with Crippen LogP contribution in [0.3, 0.4) is 0 Å². The molecule has 2 rings (SSSR count). The third kappa shape index (κ3) is 4.58. The number of alkyl halides is 1. The molecule has 0 fully saturated rings. The zero-order valence-electron chi connectivity index (χ0n) is 11.8. The third-order valence-electron chi connectivity index (χ3n) is 3.31. The standard InChI is InChI=1S/C15H17ClN2O2.H2O/c1-12(16)13(10-17-8-4-2-6-14(17)19)11-18-9-5-3-7-15(18)20;/h2-9,12-13H,10-11H2,1H3;1H2. The lowest BCUT2D eigenvalue weighted by atomic mass is 10.1. The quantitative estimate of drug-likeness (QED) is 0.776. The Morgan fingerprint density at radius 3 is 1.71 bits per heavy atom. The molecule has 0 aliphatic heterocycles. The van der Waals surface area contributed by atoms with Crippen LogP contribution in [-0.2, 0) is 13.1 Å². The Balaban J connectivity index is 0.00000220. The average molecular weight is 311 g/mol. The minimum absolute atomic E-state index is 0. The number of rotatable bonds is 5. The van der Waals surface area contributed by atoms with Gasteiger partial charge in [-0.05, 0) is 19.1 Å². The molecule has 0 saturated heterocycles. The highest BCUT2D eigenvalue weighted by atomic mass is 35.5. The first-order valence-electron chi connectivity index (χ1n) is 6.53. The second-order valence-electron chi connectivity index (χ2n) is 4.82. The predicted molar refractivity (Wildman–Crippen MR) is 83.8 cm³/mol. The first kappa shape index (κ1) is 17.2. The van der Waals surface area contributed by atoms with Crippen molar-refractivity contribution in [2.24, 2.45) is 5.92 Å². The Kier molecular flexibility index (Phi) is 6.39. The molecular weight excluding hydrogens is 292 g/mol. The van der Waals surface area contributed by atoms with E-state index in [0.717, 1.165) is 0 Å². The van der Waals surface area contributed by atoms with E-state index in [4.69, 9.17) is 11.6 Å². The minimum Gasteiger partial charge on any atom is -0.412 e. The van der Waals surface area contributed by atoms with Crippen molar-refractivity contribution in [2.75, 3.05) is 0 Å². The van der Waals surface area contributed by atoms with E-state index < -0.39 is 0 Å². The van der Waals surface area contributed by atoms with Crippen molar-refractivity contribution >= 4 is 11.6 Å². The SMILES string of the molecule is CC(Cl)C(Cn1ccccc1=O)Cn1ccccc1=O.O. The van der Waals surface area contributed by atoms with E-state index >= 15 is 0 Å². The van der Waals surface area contributed by atoms with Crippen molar-refractivity contribution in [3.8, 4) is 0 Å². The number of pyridine rings is 2. The Morgan fingerprint density at radius 2 is 1.38 bits per heavy atom. The van der Waals surface area contributed by atoms with Crippen LogP contribution in [0.4, 0.5) is 0 Å². The molecule has 0 aliphatic rings. The van der Waals surface area contributed by atoms with Crippen LogP contribution in [0, 0.1) is 5.92 Å². The number of aromatic nitrogens is 2. The summed E-state index contributed by atoms with van der Waals surface area (Å²) < 4.78 is 3.25. The van der Waals surface area contributed by atoms with E-state index in [2.05, 4.69) is 0 Å². The molecule has 0 aromatic carbocycles. The summed E-state index contributed by atoms with van der Waals surface area (Å²) in [4.78, 5) is 23.5. The third-order valence-corrected chi connectivity index (χ3v) is 3.67. The molecule has 0 spiro atoms. The maximum absolute atomic E-state index is 11.7. The zero-order chi connectivity index (χ0) is 14.5. The minimum atomic E-state index is -0.144. The van der Waals surface area contributed by atoms with Gasteiger partial charge in [0.05, 0.1) is 0 Å². The van der Waals surface area contributed by atoms with E-state index in [1.807, 2.05) is 19.1 Å². The second kappa shape index (κ2) is 7.81. The molecule has 0 bridgehead atoms. The summed E-state index contributed by atoms with van der Waals surface area (Å²) in [5.74, 6) is -0.00290. The number of hydrogen-bond acceptors (Lipinski definition) is 2. The molecule has 0 aliphatic carbocycles. The van der Waals surface area contributed by atoms with Gasteiger partial charge in [-0.2, -0.15) is 0 Å². The molecule has 114 valence electrons. The first-order valence-corrected chi connectivity index (χ1v) is 6.96. The van der Waals surface area contributed by atoms with E-state index in [9.17, 15) is 9.59 Å². The Hall–Kier alpha value is -1.85. The van der Waals surface area contributed by atoms with Gasteiger partial charge < -0.3 is 14.6 Å². The van der Waals surface area contributed by atoms with Gasteiger partial charge in [0.25, 0.3) is 11.1 Å². The van der Waals surface area contributed by atoms with Crippen LogP contribution >= 0.6 is 11.6 Å². The van der Waals surface area contributed by atoms with Crippen molar-refractivity contribution in [1.29, 1.82) is 0 Å². The monoisotopic (exact) mass is 310 g/mol. The van der Waals surface area contributed by atoms with Crippen molar-refractivity contribution in [3.63, 3.8) is 0 Å². The van der Waals surface area contributed by atoms with Crippen molar-refractivity contribution in [2.45, 2.75) is 25.4 Å². The molecule has 0 saturated carbocycles. The van der Waals surface area contributed by atoms with Crippen LogP contribution in [0.5, 0.6) is 0 Å². The molecule has 1 unspecified atom stereocenters. The van der Waals surface area contributed by atoms with Gasteiger partial charge in [-0.3, -0.25) is 9.59 Å². The lowest BCUT2D eigenvalue weighted by Gasteiger charge is -2.21. The van der Waals surface area contributed by atoms with E-state index in [-0.39, 0.29) is 27.9 Å². The fourth-order valence-corrected chi connectivity index (χ4v) is 2.24. The maximum atomic E-state index is 11.7.